The van der Waals surface area contributed by atoms with Crippen molar-refractivity contribution in [2.24, 2.45) is 0 Å². The van der Waals surface area contributed by atoms with Crippen LogP contribution in [0.15, 0.2) is 29.1 Å². The van der Waals surface area contributed by atoms with Crippen molar-refractivity contribution in [3.05, 3.63) is 46.0 Å². The Morgan fingerprint density at radius 1 is 1.10 bits per heavy atom. The molecule has 0 bridgehead atoms. The van der Waals surface area contributed by atoms with Crippen LogP contribution in [0.1, 0.15) is 74.8 Å². The standard InChI is InChI=1S/C23H30N6O2/c1-31-18-10-11-20-16(14-18)15-19(23(30)24-20)21(28-12-6-2-3-7-13-28)22-25-26-27-29(22)17-8-4-5-9-17/h10-11,14-15,17,21H,2-9,12-13H2,1H3,(H,24,30)/p+1/t21-/m1/s1. The van der Waals surface area contributed by atoms with Crippen LogP contribution < -0.4 is 15.2 Å². The van der Waals surface area contributed by atoms with E-state index in [1.165, 1.54) is 30.6 Å². The second-order valence-corrected chi connectivity index (χ2v) is 8.93. The topological polar surface area (TPSA) is 90.1 Å². The Morgan fingerprint density at radius 2 is 1.87 bits per heavy atom. The zero-order chi connectivity index (χ0) is 21.2. The van der Waals surface area contributed by atoms with Crippen molar-refractivity contribution in [3.8, 4) is 5.75 Å². The van der Waals surface area contributed by atoms with Crippen LogP contribution in [-0.2, 0) is 0 Å². The van der Waals surface area contributed by atoms with E-state index in [0.717, 1.165) is 66.8 Å². The predicted octanol–water partition coefficient (Wildman–Crippen LogP) is 2.19. The third kappa shape index (κ3) is 3.96. The van der Waals surface area contributed by atoms with Gasteiger partial charge in [0.05, 0.1) is 31.8 Å². The first-order valence-corrected chi connectivity index (χ1v) is 11.6. The van der Waals surface area contributed by atoms with Crippen LogP contribution in [0.2, 0.25) is 0 Å². The van der Waals surface area contributed by atoms with Gasteiger partial charge in [0.2, 0.25) is 5.82 Å². The highest BCUT2D eigenvalue weighted by molar-refractivity contribution is 5.80. The lowest BCUT2D eigenvalue weighted by Gasteiger charge is -2.27. The second kappa shape index (κ2) is 8.78. The van der Waals surface area contributed by atoms with E-state index in [1.54, 1.807) is 7.11 Å². The average molecular weight is 424 g/mol. The quantitative estimate of drug-likeness (QED) is 0.657. The maximum atomic E-state index is 13.3. The van der Waals surface area contributed by atoms with Gasteiger partial charge >= 0.3 is 0 Å². The van der Waals surface area contributed by atoms with Gasteiger partial charge in [0.15, 0.2) is 6.04 Å². The van der Waals surface area contributed by atoms with Crippen molar-refractivity contribution in [1.29, 1.82) is 0 Å². The third-order valence-electron chi connectivity index (χ3n) is 6.99. The lowest BCUT2D eigenvalue weighted by atomic mass is 10.0. The van der Waals surface area contributed by atoms with Crippen molar-refractivity contribution in [3.63, 3.8) is 0 Å². The van der Waals surface area contributed by atoms with Gasteiger partial charge in [-0.25, -0.2) is 4.68 Å². The van der Waals surface area contributed by atoms with Crippen molar-refractivity contribution in [1.82, 2.24) is 25.2 Å². The molecule has 5 rings (SSSR count). The fourth-order valence-corrected chi connectivity index (χ4v) is 5.36. The van der Waals surface area contributed by atoms with E-state index in [0.29, 0.717) is 6.04 Å². The number of aromatic amines is 1. The molecule has 1 aliphatic heterocycles. The lowest BCUT2D eigenvalue weighted by Crippen LogP contribution is -3.12. The van der Waals surface area contributed by atoms with E-state index in [2.05, 4.69) is 20.5 Å². The van der Waals surface area contributed by atoms with E-state index in [9.17, 15) is 4.79 Å². The highest BCUT2D eigenvalue weighted by Crippen LogP contribution is 2.31. The first kappa shape index (κ1) is 20.2. The van der Waals surface area contributed by atoms with Gasteiger partial charge in [-0.15, -0.1) is 5.10 Å². The maximum absolute atomic E-state index is 13.3. The Bertz CT molecular complexity index is 1090. The summed E-state index contributed by atoms with van der Waals surface area (Å²) < 4.78 is 7.43. The van der Waals surface area contributed by atoms with E-state index < -0.39 is 0 Å². The normalized spacial score (nSPS) is 19.5. The summed E-state index contributed by atoms with van der Waals surface area (Å²) in [6, 6.07) is 7.93. The zero-order valence-electron chi connectivity index (χ0n) is 18.1. The maximum Gasteiger partial charge on any atom is 0.258 e. The molecule has 1 saturated heterocycles. The Morgan fingerprint density at radius 3 is 2.61 bits per heavy atom. The Labute approximate surface area is 181 Å². The number of H-pyrrole nitrogens is 1. The Kier molecular flexibility index (Phi) is 5.72. The van der Waals surface area contributed by atoms with Gasteiger partial charge in [0.25, 0.3) is 5.56 Å². The molecule has 1 saturated carbocycles. The molecule has 1 aromatic carbocycles. The number of quaternary nitrogens is 1. The number of benzene rings is 1. The van der Waals surface area contributed by atoms with E-state index in [1.807, 2.05) is 28.9 Å². The van der Waals surface area contributed by atoms with Gasteiger partial charge in [0.1, 0.15) is 5.75 Å². The molecule has 1 atom stereocenters. The summed E-state index contributed by atoms with van der Waals surface area (Å²) in [7, 11) is 1.66. The SMILES string of the molecule is COc1ccc2[nH]c(=O)c([C@H](c3nnnn3C3CCCC3)[NH+]3CCCCCC3)cc2c1. The molecule has 0 amide bonds. The van der Waals surface area contributed by atoms with Crippen LogP contribution in [-0.4, -0.2) is 45.4 Å². The molecular formula is C23H31N6O2+. The van der Waals surface area contributed by atoms with Gasteiger partial charge in [-0.1, -0.05) is 12.8 Å². The first-order chi connectivity index (χ1) is 15.2. The van der Waals surface area contributed by atoms with Crippen LogP contribution in [0.4, 0.5) is 0 Å². The largest absolute Gasteiger partial charge is 0.497 e. The predicted molar refractivity (Wildman–Crippen MR) is 117 cm³/mol. The summed E-state index contributed by atoms with van der Waals surface area (Å²) >= 11 is 0. The van der Waals surface area contributed by atoms with Crippen LogP contribution in [0.3, 0.4) is 0 Å². The first-order valence-electron chi connectivity index (χ1n) is 11.6. The number of ether oxygens (including phenoxy) is 1. The summed E-state index contributed by atoms with van der Waals surface area (Å²) in [6.45, 7) is 2.05. The molecule has 3 aromatic rings. The van der Waals surface area contributed by atoms with Crippen molar-refractivity contribution in [2.45, 2.75) is 63.5 Å². The van der Waals surface area contributed by atoms with Gasteiger partial charge in [-0.3, -0.25) is 4.79 Å². The summed E-state index contributed by atoms with van der Waals surface area (Å²) in [5.41, 5.74) is 1.50. The number of hydrogen-bond acceptors (Lipinski definition) is 5. The molecule has 2 fully saturated rings. The molecule has 1 aliphatic carbocycles. The van der Waals surface area contributed by atoms with E-state index in [4.69, 9.17) is 4.74 Å². The number of aromatic nitrogens is 5. The molecule has 31 heavy (non-hydrogen) atoms. The summed E-state index contributed by atoms with van der Waals surface area (Å²) in [5.74, 6) is 1.61. The van der Waals surface area contributed by atoms with Gasteiger partial charge in [0, 0.05) is 10.9 Å². The Balaban J connectivity index is 1.65. The minimum atomic E-state index is -0.173. The summed E-state index contributed by atoms with van der Waals surface area (Å²) in [5, 5.41) is 13.9. The monoisotopic (exact) mass is 423 g/mol. The highest BCUT2D eigenvalue weighted by Gasteiger charge is 2.36. The minimum absolute atomic E-state index is 0.0552. The third-order valence-corrected chi connectivity index (χ3v) is 6.99. The van der Waals surface area contributed by atoms with Crippen LogP contribution in [0, 0.1) is 0 Å². The summed E-state index contributed by atoms with van der Waals surface area (Å²) in [4.78, 5) is 17.8. The Hall–Kier alpha value is -2.74. The zero-order valence-corrected chi connectivity index (χ0v) is 18.1. The number of likely N-dealkylation sites (tertiary alicyclic amines) is 1. The highest BCUT2D eigenvalue weighted by atomic mass is 16.5. The molecule has 2 N–H and O–H groups in total. The number of methoxy groups -OCH3 is 1. The minimum Gasteiger partial charge on any atom is -0.497 e. The van der Waals surface area contributed by atoms with Crippen LogP contribution in [0.5, 0.6) is 5.75 Å². The van der Waals surface area contributed by atoms with Crippen molar-refractivity contribution < 1.29 is 9.64 Å². The van der Waals surface area contributed by atoms with Gasteiger partial charge in [-0.2, -0.15) is 0 Å². The van der Waals surface area contributed by atoms with E-state index >= 15 is 0 Å². The molecule has 2 aromatic heterocycles. The molecule has 8 heteroatoms. The second-order valence-electron chi connectivity index (χ2n) is 8.93. The van der Waals surface area contributed by atoms with Gasteiger partial charge < -0.3 is 14.6 Å². The van der Waals surface area contributed by atoms with Gasteiger partial charge in [-0.05, 0) is 73.2 Å². The average Bonchev–Trinajstić information content (AvgIpc) is 3.41. The number of nitrogens with one attached hydrogen (secondary N) is 2. The molecule has 8 nitrogen and oxygen atoms in total. The number of hydrogen-bond donors (Lipinski definition) is 2. The number of pyridine rings is 1. The van der Waals surface area contributed by atoms with Crippen molar-refractivity contribution >= 4 is 10.9 Å². The van der Waals surface area contributed by atoms with Crippen molar-refractivity contribution in [2.75, 3.05) is 20.2 Å². The molecule has 0 unspecified atom stereocenters. The number of fused-ring (bicyclic) bond motifs is 1. The number of nitrogens with zero attached hydrogens (tertiary/aromatic N) is 4. The fraction of sp³-hybridized carbons (Fsp3) is 0.565. The lowest BCUT2D eigenvalue weighted by molar-refractivity contribution is -0.925. The fourth-order valence-electron chi connectivity index (χ4n) is 5.36. The van der Waals surface area contributed by atoms with E-state index in [-0.39, 0.29) is 11.6 Å². The smallest absolute Gasteiger partial charge is 0.258 e. The molecule has 0 spiro atoms. The molecule has 164 valence electrons. The number of rotatable bonds is 5. The van der Waals surface area contributed by atoms with Crippen LogP contribution >= 0.6 is 0 Å². The number of tetrazole rings is 1. The molecule has 3 heterocycles. The molecular weight excluding hydrogens is 392 g/mol. The van der Waals surface area contributed by atoms with Crippen LogP contribution in [0.25, 0.3) is 10.9 Å². The summed E-state index contributed by atoms with van der Waals surface area (Å²) in [6.07, 6.45) is 9.44. The molecule has 2 aliphatic rings. The molecule has 0 radical (unpaired) electrons.